The zero-order valence-corrected chi connectivity index (χ0v) is 60.1. The zero-order chi connectivity index (χ0) is 73.1. The molecule has 4 heterocycles. The van der Waals surface area contributed by atoms with Crippen LogP contribution in [-0.2, 0) is 0 Å². The minimum absolute atomic E-state index is 0.846. The fourth-order valence-electron chi connectivity index (χ4n) is 15.3. The molecule has 0 spiro atoms. The van der Waals surface area contributed by atoms with E-state index >= 15 is 0 Å². The highest BCUT2D eigenvalue weighted by atomic mass is 16.3. The Hall–Kier alpha value is -14.6. The third-order valence-corrected chi connectivity index (χ3v) is 21.0. The molecule has 0 bridgehead atoms. The van der Waals surface area contributed by atoms with Crippen molar-refractivity contribution in [2.24, 2.45) is 0 Å². The van der Waals surface area contributed by atoms with E-state index < -0.39 is 0 Å². The number of furan rings is 2. The van der Waals surface area contributed by atoms with Gasteiger partial charge in [-0.25, -0.2) is 9.97 Å². The molecule has 0 aliphatic rings. The molecule has 110 heavy (non-hydrogen) atoms. The van der Waals surface area contributed by atoms with Crippen molar-refractivity contribution in [1.82, 2.24) is 9.97 Å². The van der Waals surface area contributed by atoms with E-state index in [9.17, 15) is 0 Å². The quantitative estimate of drug-likeness (QED) is 0.109. The van der Waals surface area contributed by atoms with Gasteiger partial charge in [-0.05, 0) is 196 Å². The number of hydrogen-bond acceptors (Lipinski definition) is 4. The average molecular weight is 1400 g/mol. The molecule has 0 aliphatic carbocycles. The molecule has 16 aromatic carbocycles. The zero-order valence-electron chi connectivity index (χ0n) is 60.1. The highest BCUT2D eigenvalue weighted by Crippen LogP contribution is 2.44. The Morgan fingerprint density at radius 1 is 0.136 bits per heavy atom. The maximum atomic E-state index is 6.49. The Kier molecular flexibility index (Phi) is 17.7. The van der Waals surface area contributed by atoms with Gasteiger partial charge in [-0.1, -0.05) is 340 Å². The summed E-state index contributed by atoms with van der Waals surface area (Å²) >= 11 is 0. The van der Waals surface area contributed by atoms with Gasteiger partial charge in [0.15, 0.2) is 0 Å². The Balaban J connectivity index is 0.000000149. The van der Waals surface area contributed by atoms with Crippen molar-refractivity contribution in [1.29, 1.82) is 0 Å². The molecule has 0 saturated carbocycles. The lowest BCUT2D eigenvalue weighted by Gasteiger charge is -2.12. The molecule has 0 amide bonds. The van der Waals surface area contributed by atoms with Crippen LogP contribution in [0.25, 0.3) is 200 Å². The largest absolute Gasteiger partial charge is 0.456 e. The first-order valence-corrected chi connectivity index (χ1v) is 37.4. The van der Waals surface area contributed by atoms with E-state index in [2.05, 4.69) is 413 Å². The topological polar surface area (TPSA) is 52.1 Å². The third-order valence-electron chi connectivity index (χ3n) is 21.0. The summed E-state index contributed by atoms with van der Waals surface area (Å²) < 4.78 is 13.0. The van der Waals surface area contributed by atoms with Gasteiger partial charge in [0.1, 0.15) is 22.3 Å². The van der Waals surface area contributed by atoms with Crippen LogP contribution in [0.5, 0.6) is 0 Å². The molecule has 20 aromatic rings. The molecule has 4 heteroatoms. The second-order valence-electron chi connectivity index (χ2n) is 27.9. The van der Waals surface area contributed by atoms with Crippen LogP contribution in [0.4, 0.5) is 0 Å². The van der Waals surface area contributed by atoms with Gasteiger partial charge in [0.25, 0.3) is 0 Å². The van der Waals surface area contributed by atoms with Gasteiger partial charge in [0, 0.05) is 43.8 Å². The molecule has 516 valence electrons. The molecule has 0 saturated heterocycles. The second kappa shape index (κ2) is 29.4. The second-order valence-corrected chi connectivity index (χ2v) is 27.9. The SMILES string of the molecule is c1ccc(-c2cc(-c3ccccc3)cc(-c3ccc(-c4ccc5oc6cccc(-c7cc(-c8ccccc8)cc(-c8ccccc8)n7)c6c5c4)cc3)c2)cc1.c1ccc(-c2ccc(-c3cc(-c4ccccc4)nc(-c4cccc5oc6ccc(-c7ccc(-c8cccc(-c9ccccc9)c8)cc7)cc6c45)c3)cc2)cc1. The minimum atomic E-state index is 0.846. The van der Waals surface area contributed by atoms with E-state index in [1.165, 1.54) is 66.8 Å². The Morgan fingerprint density at radius 3 is 0.691 bits per heavy atom. The first kappa shape index (κ1) is 66.1. The standard InChI is InChI=1S/2C53H35NO/c1-5-14-36(15-6-1)43-30-44(37-16-7-2-8-17-37)32-45(31-43)40-26-24-39(25-27-40)42-28-29-51-48(33-42)53-47(22-13-23-52(53)55-51)50-35-46(38-18-9-3-10-19-38)34-49(54-50)41-20-11-4-12-21-41;1-4-12-36(13-5-1)38-22-28-41(29-23-38)46-34-49(42-16-8-3-9-17-42)54-50(35-46)47-20-11-21-52-53(47)48-33-45(30-31-51(48)55-52)40-26-24-39(25-27-40)44-19-10-18-43(32-44)37-14-6-2-7-15-37/h2*1-35H. The molecule has 0 aliphatic heterocycles. The molecule has 0 unspecified atom stereocenters. The Morgan fingerprint density at radius 2 is 0.355 bits per heavy atom. The molecule has 0 N–H and O–H groups in total. The summed E-state index contributed by atoms with van der Waals surface area (Å²) in [6.07, 6.45) is 0. The summed E-state index contributed by atoms with van der Waals surface area (Å²) in [5.74, 6) is 0. The Bertz CT molecular complexity index is 6560. The van der Waals surface area contributed by atoms with Crippen LogP contribution < -0.4 is 0 Å². The van der Waals surface area contributed by atoms with Crippen molar-refractivity contribution >= 4 is 43.9 Å². The maximum absolute atomic E-state index is 6.49. The predicted molar refractivity (Wildman–Crippen MR) is 459 cm³/mol. The van der Waals surface area contributed by atoms with Crippen molar-refractivity contribution in [2.75, 3.05) is 0 Å². The number of fused-ring (bicyclic) bond motifs is 6. The van der Waals surface area contributed by atoms with Crippen LogP contribution in [0.15, 0.2) is 433 Å². The summed E-state index contributed by atoms with van der Waals surface area (Å²) in [5.41, 5.74) is 34.9. The van der Waals surface area contributed by atoms with Gasteiger partial charge in [-0.3, -0.25) is 0 Å². The molecular formula is C106H70N2O2. The highest BCUT2D eigenvalue weighted by molar-refractivity contribution is 6.15. The van der Waals surface area contributed by atoms with Crippen molar-refractivity contribution in [3.63, 3.8) is 0 Å². The summed E-state index contributed by atoms with van der Waals surface area (Å²) in [5, 5.41) is 4.28. The lowest BCUT2D eigenvalue weighted by atomic mass is 9.92. The molecule has 0 radical (unpaired) electrons. The van der Waals surface area contributed by atoms with Crippen LogP contribution in [0.3, 0.4) is 0 Å². The van der Waals surface area contributed by atoms with E-state index in [1.807, 2.05) is 12.1 Å². The molecule has 0 atom stereocenters. The van der Waals surface area contributed by atoms with Crippen molar-refractivity contribution < 1.29 is 8.83 Å². The number of hydrogen-bond donors (Lipinski definition) is 0. The molecule has 4 nitrogen and oxygen atoms in total. The van der Waals surface area contributed by atoms with Gasteiger partial charge in [-0.2, -0.15) is 0 Å². The van der Waals surface area contributed by atoms with Crippen molar-refractivity contribution in [2.45, 2.75) is 0 Å². The predicted octanol–water partition coefficient (Wildman–Crippen LogP) is 29.3. The fourth-order valence-corrected chi connectivity index (χ4v) is 15.3. The van der Waals surface area contributed by atoms with Crippen LogP contribution in [-0.4, -0.2) is 9.97 Å². The summed E-state index contributed by atoms with van der Waals surface area (Å²) in [7, 11) is 0. The summed E-state index contributed by atoms with van der Waals surface area (Å²) in [6, 6.07) is 150. The minimum Gasteiger partial charge on any atom is -0.456 e. The van der Waals surface area contributed by atoms with E-state index in [0.29, 0.717) is 0 Å². The van der Waals surface area contributed by atoms with E-state index in [-0.39, 0.29) is 0 Å². The van der Waals surface area contributed by atoms with Gasteiger partial charge in [-0.15, -0.1) is 0 Å². The molecule has 20 rings (SSSR count). The van der Waals surface area contributed by atoms with Gasteiger partial charge in [0.05, 0.1) is 22.8 Å². The fraction of sp³-hybridized carbons (Fsp3) is 0. The molecular weight excluding hydrogens is 1330 g/mol. The summed E-state index contributed by atoms with van der Waals surface area (Å²) in [4.78, 5) is 10.6. The number of nitrogens with zero attached hydrogens (tertiary/aromatic N) is 2. The van der Waals surface area contributed by atoms with Gasteiger partial charge < -0.3 is 8.83 Å². The lowest BCUT2D eigenvalue weighted by Crippen LogP contribution is -1.92. The maximum Gasteiger partial charge on any atom is 0.136 e. The van der Waals surface area contributed by atoms with Crippen LogP contribution in [0.2, 0.25) is 0 Å². The molecule has 4 aromatic heterocycles. The number of rotatable bonds is 14. The van der Waals surface area contributed by atoms with Crippen LogP contribution in [0, 0.1) is 0 Å². The Labute approximate surface area is 639 Å². The number of aromatic nitrogens is 2. The van der Waals surface area contributed by atoms with E-state index in [1.54, 1.807) is 0 Å². The molecule has 0 fully saturated rings. The van der Waals surface area contributed by atoms with Crippen LogP contribution >= 0.6 is 0 Å². The third kappa shape index (κ3) is 13.5. The first-order chi connectivity index (χ1) is 54.5. The smallest absolute Gasteiger partial charge is 0.136 e. The lowest BCUT2D eigenvalue weighted by molar-refractivity contribution is 0.668. The van der Waals surface area contributed by atoms with Crippen molar-refractivity contribution in [3.05, 3.63) is 425 Å². The van der Waals surface area contributed by atoms with Crippen LogP contribution in [0.1, 0.15) is 0 Å². The van der Waals surface area contributed by atoms with Gasteiger partial charge in [0.2, 0.25) is 0 Å². The first-order valence-electron chi connectivity index (χ1n) is 37.4. The van der Waals surface area contributed by atoms with Gasteiger partial charge >= 0.3 is 0 Å². The normalized spacial score (nSPS) is 11.3. The summed E-state index contributed by atoms with van der Waals surface area (Å²) in [6.45, 7) is 0. The average Bonchev–Trinajstić information content (AvgIpc) is 1.46. The monoisotopic (exact) mass is 1400 g/mol. The number of benzene rings is 16. The van der Waals surface area contributed by atoms with E-state index in [0.717, 1.165) is 133 Å². The van der Waals surface area contributed by atoms with Crippen molar-refractivity contribution in [3.8, 4) is 156 Å². The highest BCUT2D eigenvalue weighted by Gasteiger charge is 2.21. The number of pyridine rings is 2. The van der Waals surface area contributed by atoms with E-state index in [4.69, 9.17) is 18.8 Å².